The predicted molar refractivity (Wildman–Crippen MR) is 105 cm³/mol. The van der Waals surface area contributed by atoms with Crippen LogP contribution in [0.2, 0.25) is 0 Å². The van der Waals surface area contributed by atoms with E-state index in [1.165, 1.54) is 48.5 Å². The van der Waals surface area contributed by atoms with Crippen LogP contribution in [0.1, 0.15) is 47.0 Å². The Morgan fingerprint density at radius 1 is 0.655 bits per heavy atom. The van der Waals surface area contributed by atoms with Crippen LogP contribution >= 0.6 is 0 Å². The van der Waals surface area contributed by atoms with E-state index in [1.807, 2.05) is 0 Å². The molecule has 29 heavy (non-hydrogen) atoms. The van der Waals surface area contributed by atoms with Gasteiger partial charge in [0.05, 0.1) is 11.1 Å². The van der Waals surface area contributed by atoms with Crippen LogP contribution in [-0.2, 0) is 0 Å². The van der Waals surface area contributed by atoms with Gasteiger partial charge in [0, 0.05) is 16.7 Å². The molecule has 0 aliphatic heterocycles. The van der Waals surface area contributed by atoms with Crippen LogP contribution in [0.25, 0.3) is 0 Å². The quantitative estimate of drug-likeness (QED) is 0.360. The van der Waals surface area contributed by atoms with Gasteiger partial charge in [0.2, 0.25) is 0 Å². The number of hydrogen-bond acceptors (Lipinski definition) is 6. The molecule has 0 bridgehead atoms. The first-order chi connectivity index (χ1) is 14.0. The molecule has 6 nitrogen and oxygen atoms in total. The van der Waals surface area contributed by atoms with Crippen molar-refractivity contribution in [2.24, 2.45) is 0 Å². The fourth-order valence-electron chi connectivity index (χ4n) is 2.53. The Labute approximate surface area is 166 Å². The molecule has 0 heterocycles. The van der Waals surface area contributed by atoms with Crippen LogP contribution in [0.3, 0.4) is 0 Å². The third-order valence-electron chi connectivity index (χ3n) is 4.20. The second kappa shape index (κ2) is 8.75. The second-order valence-corrected chi connectivity index (χ2v) is 6.14. The number of carbonyl (C=O) groups excluding carboxylic acids is 4. The lowest BCUT2D eigenvalue weighted by Crippen LogP contribution is -2.12. The van der Waals surface area contributed by atoms with Gasteiger partial charge < -0.3 is 9.47 Å². The molecule has 3 rings (SSSR count). The number of hydrogen-bond donors (Lipinski definition) is 0. The minimum Gasteiger partial charge on any atom is -0.423 e. The number of ether oxygens (including phenoxy) is 2. The third kappa shape index (κ3) is 4.62. The van der Waals surface area contributed by atoms with E-state index in [0.29, 0.717) is 29.3 Å². The Morgan fingerprint density at radius 3 is 1.38 bits per heavy atom. The molecule has 0 saturated carbocycles. The Balaban J connectivity index is 1.75. The van der Waals surface area contributed by atoms with E-state index in [4.69, 9.17) is 9.47 Å². The van der Waals surface area contributed by atoms with Gasteiger partial charge in [0.25, 0.3) is 0 Å². The summed E-state index contributed by atoms with van der Waals surface area (Å²) < 4.78 is 10.8. The molecule has 0 aliphatic rings. The van der Waals surface area contributed by atoms with Gasteiger partial charge in [-0.3, -0.25) is 9.59 Å². The molecule has 0 atom stereocenters. The van der Waals surface area contributed by atoms with Crippen LogP contribution in [0.15, 0.2) is 66.7 Å². The first kappa shape index (κ1) is 19.7. The van der Waals surface area contributed by atoms with Crippen LogP contribution in [0, 0.1) is 6.92 Å². The van der Waals surface area contributed by atoms with Crippen LogP contribution in [0.4, 0.5) is 0 Å². The highest BCUT2D eigenvalue weighted by Gasteiger charge is 2.15. The zero-order chi connectivity index (χ0) is 20.8. The molecular weight excluding hydrogens is 372 g/mol. The summed E-state index contributed by atoms with van der Waals surface area (Å²) in [5.41, 5.74) is 1.95. The smallest absolute Gasteiger partial charge is 0.343 e. The lowest BCUT2D eigenvalue weighted by Gasteiger charge is -2.12. The molecule has 0 unspecified atom stereocenters. The van der Waals surface area contributed by atoms with Crippen molar-refractivity contribution in [1.29, 1.82) is 0 Å². The SMILES string of the molecule is Cc1c(OC(=O)c2ccc(C=O)cc2)cccc1OC(=O)c1ccc(C=O)cc1. The largest absolute Gasteiger partial charge is 0.423 e. The zero-order valence-corrected chi connectivity index (χ0v) is 15.5. The van der Waals surface area contributed by atoms with Gasteiger partial charge >= 0.3 is 11.9 Å². The van der Waals surface area contributed by atoms with Crippen molar-refractivity contribution in [1.82, 2.24) is 0 Å². The van der Waals surface area contributed by atoms with Crippen molar-refractivity contribution in [3.05, 3.63) is 94.5 Å². The van der Waals surface area contributed by atoms with E-state index >= 15 is 0 Å². The molecule has 0 radical (unpaired) electrons. The number of esters is 2. The maximum atomic E-state index is 12.3. The first-order valence-electron chi connectivity index (χ1n) is 8.66. The summed E-state index contributed by atoms with van der Waals surface area (Å²) in [7, 11) is 0. The lowest BCUT2D eigenvalue weighted by atomic mass is 10.1. The summed E-state index contributed by atoms with van der Waals surface area (Å²) >= 11 is 0. The van der Waals surface area contributed by atoms with Crippen LogP contribution < -0.4 is 9.47 Å². The van der Waals surface area contributed by atoms with E-state index in [1.54, 1.807) is 25.1 Å². The lowest BCUT2D eigenvalue weighted by molar-refractivity contribution is 0.0729. The molecule has 144 valence electrons. The summed E-state index contributed by atoms with van der Waals surface area (Å²) in [6, 6.07) is 16.8. The molecule has 0 saturated heterocycles. The highest BCUT2D eigenvalue weighted by Crippen LogP contribution is 2.28. The number of benzene rings is 3. The highest BCUT2D eigenvalue weighted by molar-refractivity contribution is 5.93. The average molecular weight is 388 g/mol. The second-order valence-electron chi connectivity index (χ2n) is 6.14. The molecule has 3 aromatic carbocycles. The van der Waals surface area contributed by atoms with Crippen LogP contribution in [0.5, 0.6) is 11.5 Å². The molecule has 0 fully saturated rings. The van der Waals surface area contributed by atoms with Crippen molar-refractivity contribution in [3.63, 3.8) is 0 Å². The summed E-state index contributed by atoms with van der Waals surface area (Å²) in [6.45, 7) is 1.66. The average Bonchev–Trinajstić information content (AvgIpc) is 2.76. The molecule has 3 aromatic rings. The Morgan fingerprint density at radius 2 is 1.03 bits per heavy atom. The third-order valence-corrected chi connectivity index (χ3v) is 4.20. The van der Waals surface area contributed by atoms with Crippen molar-refractivity contribution in [3.8, 4) is 11.5 Å². The van der Waals surface area contributed by atoms with Gasteiger partial charge in [-0.1, -0.05) is 30.3 Å². The van der Waals surface area contributed by atoms with Crippen molar-refractivity contribution in [2.45, 2.75) is 6.92 Å². The minimum absolute atomic E-state index is 0.246. The molecular formula is C23H16O6. The molecule has 0 amide bonds. The van der Waals surface area contributed by atoms with E-state index in [9.17, 15) is 19.2 Å². The molecule has 6 heteroatoms. The topological polar surface area (TPSA) is 86.7 Å². The van der Waals surface area contributed by atoms with Gasteiger partial charge in [0.15, 0.2) is 0 Å². The molecule has 0 aliphatic carbocycles. The fraction of sp³-hybridized carbons (Fsp3) is 0.0435. The van der Waals surface area contributed by atoms with E-state index in [0.717, 1.165) is 0 Å². The zero-order valence-electron chi connectivity index (χ0n) is 15.5. The molecule has 0 N–H and O–H groups in total. The predicted octanol–water partition coefficient (Wildman–Crippen LogP) is 4.06. The maximum Gasteiger partial charge on any atom is 0.343 e. The van der Waals surface area contributed by atoms with Crippen LogP contribution in [-0.4, -0.2) is 24.5 Å². The molecule has 0 aromatic heterocycles. The molecule has 0 spiro atoms. The van der Waals surface area contributed by atoms with Gasteiger partial charge in [-0.2, -0.15) is 0 Å². The minimum atomic E-state index is -0.599. The normalized spacial score (nSPS) is 10.1. The Hall–Kier alpha value is -4.06. The monoisotopic (exact) mass is 388 g/mol. The van der Waals surface area contributed by atoms with E-state index < -0.39 is 11.9 Å². The van der Waals surface area contributed by atoms with Crippen molar-refractivity contribution in [2.75, 3.05) is 0 Å². The van der Waals surface area contributed by atoms with Crippen molar-refractivity contribution < 1.29 is 28.7 Å². The summed E-state index contributed by atoms with van der Waals surface area (Å²) in [4.78, 5) is 46.1. The van der Waals surface area contributed by atoms with Gasteiger partial charge in [-0.25, -0.2) is 9.59 Å². The Kier molecular flexibility index (Phi) is 5.94. The van der Waals surface area contributed by atoms with E-state index in [2.05, 4.69) is 0 Å². The number of carbonyl (C=O) groups is 4. The summed E-state index contributed by atoms with van der Waals surface area (Å²) in [6.07, 6.45) is 1.37. The van der Waals surface area contributed by atoms with Crippen molar-refractivity contribution >= 4 is 24.5 Å². The van der Waals surface area contributed by atoms with Gasteiger partial charge in [-0.05, 0) is 43.3 Å². The summed E-state index contributed by atoms with van der Waals surface area (Å²) in [5.74, 6) is -0.705. The standard InChI is InChI=1S/C23H16O6/c1-15-20(28-22(26)18-9-5-16(13-24)6-10-18)3-2-4-21(15)29-23(27)19-11-7-17(14-25)8-12-19/h2-14H,1H3. The fourth-order valence-corrected chi connectivity index (χ4v) is 2.53. The highest BCUT2D eigenvalue weighted by atomic mass is 16.5. The number of rotatable bonds is 6. The first-order valence-corrected chi connectivity index (χ1v) is 8.66. The van der Waals surface area contributed by atoms with Gasteiger partial charge in [-0.15, -0.1) is 0 Å². The Bertz CT molecular complexity index is 982. The maximum absolute atomic E-state index is 12.3. The number of aldehydes is 2. The van der Waals surface area contributed by atoms with E-state index in [-0.39, 0.29) is 22.6 Å². The summed E-state index contributed by atoms with van der Waals surface area (Å²) in [5, 5.41) is 0. The van der Waals surface area contributed by atoms with Gasteiger partial charge in [0.1, 0.15) is 24.1 Å².